The minimum atomic E-state index is -1.03. The first kappa shape index (κ1) is 28.4. The Labute approximate surface area is 258 Å². The minimum absolute atomic E-state index is 0.0482. The maximum absolute atomic E-state index is 15.5. The van der Waals surface area contributed by atoms with E-state index in [1.807, 2.05) is 28.8 Å². The summed E-state index contributed by atoms with van der Waals surface area (Å²) >= 11 is 1.28. The molecule has 1 saturated heterocycles. The number of nitrogens with one attached hydrogen (secondary N) is 1. The largest absolute Gasteiger partial charge is 0.393 e. The van der Waals surface area contributed by atoms with Crippen LogP contribution in [0.25, 0.3) is 0 Å². The average molecular weight is 611 g/mol. The van der Waals surface area contributed by atoms with Gasteiger partial charge in [0.2, 0.25) is 0 Å². The summed E-state index contributed by atoms with van der Waals surface area (Å²) in [5.74, 6) is 4.71. The number of fused-ring (bicyclic) bond motifs is 2. The molecule has 0 radical (unpaired) electrons. The number of nitrogens with zero attached hydrogens (tertiary/aromatic N) is 5. The zero-order chi connectivity index (χ0) is 30.2. The zero-order valence-electron chi connectivity index (χ0n) is 24.0. The summed E-state index contributed by atoms with van der Waals surface area (Å²) in [5.41, 5.74) is 4.22. The van der Waals surface area contributed by atoms with E-state index in [1.165, 1.54) is 22.3 Å². The van der Waals surface area contributed by atoms with Crippen molar-refractivity contribution in [3.63, 3.8) is 0 Å². The molecule has 1 fully saturated rings. The van der Waals surface area contributed by atoms with Crippen LogP contribution in [0.4, 0.5) is 9.52 Å². The lowest BCUT2D eigenvalue weighted by Gasteiger charge is -2.29. The van der Waals surface area contributed by atoms with Gasteiger partial charge in [-0.25, -0.2) is 14.4 Å². The Hall–Kier alpha value is -4.37. The first-order valence-corrected chi connectivity index (χ1v) is 15.7. The molecule has 2 aromatic heterocycles. The van der Waals surface area contributed by atoms with E-state index >= 15 is 4.39 Å². The molecule has 3 aliphatic heterocycles. The van der Waals surface area contributed by atoms with E-state index in [2.05, 4.69) is 32.0 Å². The van der Waals surface area contributed by atoms with Crippen molar-refractivity contribution in [2.75, 3.05) is 18.4 Å². The van der Waals surface area contributed by atoms with Gasteiger partial charge in [0.25, 0.3) is 11.8 Å². The number of halogens is 1. The van der Waals surface area contributed by atoms with Crippen molar-refractivity contribution in [1.82, 2.24) is 24.3 Å². The van der Waals surface area contributed by atoms with Crippen LogP contribution >= 0.6 is 11.3 Å². The van der Waals surface area contributed by atoms with Gasteiger partial charge in [-0.2, -0.15) is 0 Å². The van der Waals surface area contributed by atoms with Crippen LogP contribution in [0, 0.1) is 17.7 Å². The highest BCUT2D eigenvalue weighted by Gasteiger charge is 2.42. The molecule has 4 aromatic rings. The van der Waals surface area contributed by atoms with E-state index in [1.54, 1.807) is 24.0 Å². The maximum Gasteiger partial charge on any atom is 0.255 e. The van der Waals surface area contributed by atoms with Crippen molar-refractivity contribution < 1.29 is 19.1 Å². The van der Waals surface area contributed by atoms with Gasteiger partial charge in [-0.3, -0.25) is 19.8 Å². The maximum atomic E-state index is 15.5. The summed E-state index contributed by atoms with van der Waals surface area (Å²) in [6, 6.07) is 9.86. The molecule has 9 nitrogen and oxygen atoms in total. The molecule has 2 N–H and O–H groups in total. The number of hydrogen-bond acceptors (Lipinski definition) is 7. The number of hydrogen-bond donors (Lipinski definition) is 2. The Morgan fingerprint density at radius 2 is 1.91 bits per heavy atom. The molecule has 2 aromatic carbocycles. The SMILES string of the molecule is O=C(Nc1nccs1)C(c1ncn2c1CCC2)N1Cc2c(F)cc(C#Cc3ccc(CN4CCC(O)CC4)cc3)cc2C1=O. The number of aryl methyl sites for hydroxylation is 1. The van der Waals surface area contributed by atoms with Crippen LogP contribution in [0.3, 0.4) is 0 Å². The topological polar surface area (TPSA) is 104 Å². The van der Waals surface area contributed by atoms with E-state index in [9.17, 15) is 14.7 Å². The first-order chi connectivity index (χ1) is 21.4. The van der Waals surface area contributed by atoms with Crippen LogP contribution in [0.15, 0.2) is 54.3 Å². The fourth-order valence-electron chi connectivity index (χ4n) is 6.24. The van der Waals surface area contributed by atoms with Gasteiger partial charge in [-0.15, -0.1) is 11.3 Å². The van der Waals surface area contributed by atoms with E-state index in [4.69, 9.17) is 0 Å². The van der Waals surface area contributed by atoms with Crippen molar-refractivity contribution in [2.24, 2.45) is 0 Å². The number of anilines is 1. The Balaban J connectivity index is 1.11. The molecular formula is C33H31FN6O3S. The van der Waals surface area contributed by atoms with Crippen molar-refractivity contribution in [1.29, 1.82) is 0 Å². The second kappa shape index (κ2) is 12.0. The quantitative estimate of drug-likeness (QED) is 0.319. The number of carbonyl (C=O) groups is 2. The van der Waals surface area contributed by atoms with Crippen LogP contribution in [-0.4, -0.2) is 60.4 Å². The number of carbonyl (C=O) groups excluding carboxylic acids is 2. The van der Waals surface area contributed by atoms with Crippen LogP contribution in [0.1, 0.15) is 69.3 Å². The van der Waals surface area contributed by atoms with Gasteiger partial charge in [0, 0.05) is 65.7 Å². The molecule has 7 rings (SSSR count). The van der Waals surface area contributed by atoms with Crippen LogP contribution in [-0.2, 0) is 30.8 Å². The van der Waals surface area contributed by atoms with Crippen molar-refractivity contribution in [3.8, 4) is 11.8 Å². The molecule has 2 amide bonds. The van der Waals surface area contributed by atoms with Crippen molar-refractivity contribution in [3.05, 3.63) is 99.3 Å². The lowest BCUT2D eigenvalue weighted by molar-refractivity contribution is -0.121. The molecule has 0 spiro atoms. The van der Waals surface area contributed by atoms with Gasteiger partial charge in [0.05, 0.1) is 24.7 Å². The summed E-state index contributed by atoms with van der Waals surface area (Å²) in [5, 5.41) is 14.7. The molecule has 0 aliphatic carbocycles. The number of imidazole rings is 1. The molecule has 224 valence electrons. The minimum Gasteiger partial charge on any atom is -0.393 e. The van der Waals surface area contributed by atoms with Gasteiger partial charge >= 0.3 is 0 Å². The summed E-state index contributed by atoms with van der Waals surface area (Å²) in [7, 11) is 0. The van der Waals surface area contributed by atoms with Crippen LogP contribution in [0.2, 0.25) is 0 Å². The number of rotatable bonds is 6. The molecule has 5 heterocycles. The zero-order valence-corrected chi connectivity index (χ0v) is 24.8. The number of piperidine rings is 1. The monoisotopic (exact) mass is 610 g/mol. The van der Waals surface area contributed by atoms with E-state index < -0.39 is 23.7 Å². The Morgan fingerprint density at radius 3 is 2.68 bits per heavy atom. The molecule has 44 heavy (non-hydrogen) atoms. The summed E-state index contributed by atoms with van der Waals surface area (Å²) in [6.07, 6.45) is 6.38. The van der Waals surface area contributed by atoms with Gasteiger partial charge in [0.15, 0.2) is 11.2 Å². The Bertz CT molecular complexity index is 1770. The standard InChI is InChI=1S/C33H31FN6O3S/c34-27-17-23(8-5-21-3-6-22(7-4-21)18-38-13-9-24(41)10-14-38)16-25-26(27)19-40(32(25)43)30(31(42)37-33-35-11-15-44-33)29-28-2-1-12-39(28)20-36-29/h3-4,6-7,11,15-17,20,24,30,41H,1-2,9-10,12-14,18-19H2,(H,35,37,42). The smallest absolute Gasteiger partial charge is 0.255 e. The number of aliphatic hydroxyl groups is 1. The molecule has 1 unspecified atom stereocenters. The van der Waals surface area contributed by atoms with Crippen LogP contribution < -0.4 is 5.32 Å². The molecular weight excluding hydrogens is 579 g/mol. The highest BCUT2D eigenvalue weighted by Crippen LogP contribution is 2.36. The molecule has 11 heteroatoms. The van der Waals surface area contributed by atoms with Gasteiger partial charge in [0.1, 0.15) is 5.82 Å². The molecule has 3 aliphatic rings. The number of amides is 2. The summed E-state index contributed by atoms with van der Waals surface area (Å²) in [4.78, 5) is 39.9. The summed E-state index contributed by atoms with van der Waals surface area (Å²) in [6.45, 7) is 3.34. The fraction of sp³-hybridized carbons (Fsp3) is 0.333. The van der Waals surface area contributed by atoms with Crippen molar-refractivity contribution >= 4 is 28.3 Å². The lowest BCUT2D eigenvalue weighted by Crippen LogP contribution is -2.38. The fourth-order valence-corrected chi connectivity index (χ4v) is 6.78. The van der Waals surface area contributed by atoms with Gasteiger partial charge in [-0.1, -0.05) is 24.0 Å². The van der Waals surface area contributed by atoms with E-state index in [0.29, 0.717) is 16.4 Å². The second-order valence-corrected chi connectivity index (χ2v) is 12.4. The Morgan fingerprint density at radius 1 is 1.11 bits per heavy atom. The van der Waals surface area contributed by atoms with Crippen molar-refractivity contribution in [2.45, 2.75) is 57.5 Å². The number of thiazole rings is 1. The molecule has 0 saturated carbocycles. The van der Waals surface area contributed by atoms with Gasteiger partial charge < -0.3 is 14.6 Å². The second-order valence-electron chi connectivity index (χ2n) is 11.5. The average Bonchev–Trinajstić information content (AvgIpc) is 3.82. The van der Waals surface area contributed by atoms with Crippen LogP contribution in [0.5, 0.6) is 0 Å². The first-order valence-electron chi connectivity index (χ1n) is 14.8. The number of likely N-dealkylation sites (tertiary alicyclic amines) is 1. The summed E-state index contributed by atoms with van der Waals surface area (Å²) < 4.78 is 17.5. The predicted octanol–water partition coefficient (Wildman–Crippen LogP) is 4.12. The highest BCUT2D eigenvalue weighted by molar-refractivity contribution is 7.13. The number of benzene rings is 2. The third-order valence-corrected chi connectivity index (χ3v) is 9.24. The number of aliphatic hydroxyl groups excluding tert-OH is 1. The van der Waals surface area contributed by atoms with E-state index in [-0.39, 0.29) is 23.8 Å². The van der Waals surface area contributed by atoms with Gasteiger partial charge in [-0.05, 0) is 55.5 Å². The lowest BCUT2D eigenvalue weighted by atomic mass is 10.0. The molecule has 0 bridgehead atoms. The third kappa shape index (κ3) is 5.64. The third-order valence-electron chi connectivity index (χ3n) is 8.56. The predicted molar refractivity (Wildman–Crippen MR) is 163 cm³/mol. The number of aromatic nitrogens is 3. The molecule has 1 atom stereocenters. The highest BCUT2D eigenvalue weighted by atomic mass is 32.1. The normalized spacial score (nSPS) is 17.2. The Kier molecular flexibility index (Phi) is 7.72. The van der Waals surface area contributed by atoms with E-state index in [0.717, 1.165) is 68.7 Å².